The molecule has 0 aromatic heterocycles. The minimum absolute atomic E-state index is 0.166. The van der Waals surface area contributed by atoms with Gasteiger partial charge in [-0.15, -0.1) is 0 Å². The summed E-state index contributed by atoms with van der Waals surface area (Å²) in [6.45, 7) is 4.24. The lowest BCUT2D eigenvalue weighted by Gasteiger charge is -2.15. The zero-order chi connectivity index (χ0) is 17.1. The van der Waals surface area contributed by atoms with E-state index in [0.717, 1.165) is 28.6 Å². The van der Waals surface area contributed by atoms with Gasteiger partial charge in [0.25, 0.3) is 11.1 Å². The Morgan fingerprint density at radius 3 is 2.50 bits per heavy atom. The molecule has 0 atom stereocenters. The molecule has 2 amide bonds. The molecule has 1 N–H and O–H groups in total. The monoisotopic (exact) mass is 338 g/mol. The first-order valence-electron chi connectivity index (χ1n) is 7.66. The summed E-state index contributed by atoms with van der Waals surface area (Å²) in [6.07, 6.45) is 1.75. The number of anilines is 1. The van der Waals surface area contributed by atoms with E-state index in [4.69, 9.17) is 0 Å². The molecule has 3 rings (SSSR count). The van der Waals surface area contributed by atoms with Crippen LogP contribution in [0.5, 0.6) is 0 Å². The van der Waals surface area contributed by atoms with E-state index in [0.29, 0.717) is 4.91 Å². The zero-order valence-corrected chi connectivity index (χ0v) is 14.4. The summed E-state index contributed by atoms with van der Waals surface area (Å²) in [6, 6.07) is 15.5. The van der Waals surface area contributed by atoms with Gasteiger partial charge in [0.1, 0.15) is 0 Å². The van der Waals surface area contributed by atoms with E-state index in [1.807, 2.05) is 62.4 Å². The van der Waals surface area contributed by atoms with Crippen molar-refractivity contribution in [1.82, 2.24) is 4.90 Å². The number of rotatable bonds is 4. The minimum atomic E-state index is -0.259. The third-order valence-electron chi connectivity index (χ3n) is 3.92. The van der Waals surface area contributed by atoms with Gasteiger partial charge in [-0.1, -0.05) is 36.4 Å². The van der Waals surface area contributed by atoms with E-state index in [9.17, 15) is 9.59 Å². The van der Waals surface area contributed by atoms with Crippen LogP contribution in [0.1, 0.15) is 16.7 Å². The van der Waals surface area contributed by atoms with Crippen LogP contribution in [-0.4, -0.2) is 22.7 Å². The molecule has 2 aromatic rings. The molecule has 0 aliphatic carbocycles. The Bertz CT molecular complexity index is 815. The first-order chi connectivity index (χ1) is 11.5. The molecule has 24 heavy (non-hydrogen) atoms. The highest BCUT2D eigenvalue weighted by molar-refractivity contribution is 8.18. The van der Waals surface area contributed by atoms with Crippen molar-refractivity contribution in [2.45, 2.75) is 13.8 Å². The molecule has 0 bridgehead atoms. The van der Waals surface area contributed by atoms with Crippen LogP contribution in [0.15, 0.2) is 53.4 Å². The van der Waals surface area contributed by atoms with Crippen molar-refractivity contribution in [2.24, 2.45) is 0 Å². The maximum absolute atomic E-state index is 12.4. The number of imide groups is 1. The highest BCUT2D eigenvalue weighted by Crippen LogP contribution is 2.32. The Morgan fingerprint density at radius 1 is 1.04 bits per heavy atom. The van der Waals surface area contributed by atoms with Gasteiger partial charge in [-0.3, -0.25) is 14.5 Å². The van der Waals surface area contributed by atoms with Gasteiger partial charge in [-0.2, -0.15) is 0 Å². The summed E-state index contributed by atoms with van der Waals surface area (Å²) < 4.78 is 0. The lowest BCUT2D eigenvalue weighted by atomic mass is 10.1. The fourth-order valence-corrected chi connectivity index (χ4v) is 3.20. The van der Waals surface area contributed by atoms with Crippen molar-refractivity contribution in [3.8, 4) is 0 Å². The summed E-state index contributed by atoms with van der Waals surface area (Å²) >= 11 is 0.976. The topological polar surface area (TPSA) is 49.4 Å². The largest absolute Gasteiger partial charge is 0.367 e. The summed E-state index contributed by atoms with van der Waals surface area (Å²) in [5.74, 6) is -0.259. The number of hydrogen-bond donors (Lipinski definition) is 1. The van der Waals surface area contributed by atoms with Gasteiger partial charge >= 0.3 is 0 Å². The number of nitrogens with zero attached hydrogens (tertiary/aromatic N) is 1. The summed E-state index contributed by atoms with van der Waals surface area (Å²) in [5, 5.41) is 2.89. The molecule has 5 heteroatoms. The number of nitrogens with one attached hydrogen (secondary N) is 1. The number of aryl methyl sites for hydroxylation is 2. The second-order valence-corrected chi connectivity index (χ2v) is 6.65. The van der Waals surface area contributed by atoms with Crippen molar-refractivity contribution >= 4 is 34.7 Å². The highest BCUT2D eigenvalue weighted by atomic mass is 32.2. The van der Waals surface area contributed by atoms with Crippen LogP contribution >= 0.6 is 11.8 Å². The fourth-order valence-electron chi connectivity index (χ4n) is 2.36. The number of hydrogen-bond acceptors (Lipinski definition) is 4. The van der Waals surface area contributed by atoms with Gasteiger partial charge in [0.15, 0.2) is 0 Å². The van der Waals surface area contributed by atoms with Crippen molar-refractivity contribution < 1.29 is 9.59 Å². The molecule has 1 aliphatic rings. The lowest BCUT2D eigenvalue weighted by molar-refractivity contribution is -0.122. The van der Waals surface area contributed by atoms with Crippen molar-refractivity contribution in [3.05, 3.63) is 70.1 Å². The van der Waals surface area contributed by atoms with Gasteiger partial charge in [-0.25, -0.2) is 0 Å². The van der Waals surface area contributed by atoms with E-state index < -0.39 is 0 Å². The van der Waals surface area contributed by atoms with Crippen molar-refractivity contribution in [3.63, 3.8) is 0 Å². The summed E-state index contributed by atoms with van der Waals surface area (Å²) in [4.78, 5) is 26.2. The number of benzene rings is 2. The van der Waals surface area contributed by atoms with E-state index in [2.05, 4.69) is 5.32 Å². The Hall–Kier alpha value is -2.53. The fraction of sp³-hybridized carbons (Fsp3) is 0.158. The lowest BCUT2D eigenvalue weighted by Crippen LogP contribution is -2.33. The second kappa shape index (κ2) is 6.93. The van der Waals surface area contributed by atoms with E-state index in [1.54, 1.807) is 6.08 Å². The third kappa shape index (κ3) is 3.51. The maximum atomic E-state index is 12.4. The highest BCUT2D eigenvalue weighted by Gasteiger charge is 2.34. The van der Waals surface area contributed by atoms with E-state index in [-0.39, 0.29) is 17.8 Å². The molecule has 1 fully saturated rings. The molecular formula is C19H18N2O2S. The van der Waals surface area contributed by atoms with Gasteiger partial charge in [-0.05, 0) is 60.5 Å². The molecule has 4 nitrogen and oxygen atoms in total. The second-order valence-electron chi connectivity index (χ2n) is 5.65. The van der Waals surface area contributed by atoms with E-state index in [1.165, 1.54) is 10.5 Å². The molecule has 2 aromatic carbocycles. The first kappa shape index (κ1) is 16.3. The normalized spacial score (nSPS) is 16.1. The standard InChI is InChI=1S/C19H18N2O2S/c1-13-8-9-16(10-14(13)2)20-12-21-18(22)17(24-19(21)23)11-15-6-4-3-5-7-15/h3-11,20H,12H2,1-2H3/b17-11-. The van der Waals surface area contributed by atoms with Crippen LogP contribution in [0.25, 0.3) is 6.08 Å². The predicted octanol–water partition coefficient (Wildman–Crippen LogP) is 4.41. The average Bonchev–Trinajstić information content (AvgIpc) is 2.83. The number of amides is 2. The summed E-state index contributed by atoms with van der Waals surface area (Å²) in [5.41, 5.74) is 4.17. The van der Waals surface area contributed by atoms with Gasteiger partial charge in [0, 0.05) is 5.69 Å². The van der Waals surface area contributed by atoms with Gasteiger partial charge in [0.2, 0.25) is 0 Å². The van der Waals surface area contributed by atoms with Gasteiger partial charge < -0.3 is 5.32 Å². The van der Waals surface area contributed by atoms with Gasteiger partial charge in [0.05, 0.1) is 11.6 Å². The molecule has 1 aliphatic heterocycles. The van der Waals surface area contributed by atoms with Crippen LogP contribution in [0, 0.1) is 13.8 Å². The molecule has 0 spiro atoms. The predicted molar refractivity (Wildman–Crippen MR) is 98.7 cm³/mol. The smallest absolute Gasteiger partial charge is 0.295 e. The van der Waals surface area contributed by atoms with Crippen LogP contribution in [-0.2, 0) is 4.79 Å². The number of carbonyl (C=O) groups is 2. The summed E-state index contributed by atoms with van der Waals surface area (Å²) in [7, 11) is 0. The third-order valence-corrected chi connectivity index (χ3v) is 4.83. The molecule has 0 unspecified atom stereocenters. The molecule has 1 heterocycles. The molecule has 0 saturated carbocycles. The van der Waals surface area contributed by atoms with Crippen LogP contribution < -0.4 is 5.32 Å². The van der Waals surface area contributed by atoms with Crippen molar-refractivity contribution in [2.75, 3.05) is 12.0 Å². The Balaban J connectivity index is 1.70. The molecular weight excluding hydrogens is 320 g/mol. The molecule has 0 radical (unpaired) electrons. The van der Waals surface area contributed by atoms with Crippen molar-refractivity contribution in [1.29, 1.82) is 0 Å². The van der Waals surface area contributed by atoms with Crippen LogP contribution in [0.2, 0.25) is 0 Å². The SMILES string of the molecule is Cc1ccc(NCN2C(=O)S/C(=C\c3ccccc3)C2=O)cc1C. The first-order valence-corrected chi connectivity index (χ1v) is 8.48. The van der Waals surface area contributed by atoms with Crippen LogP contribution in [0.3, 0.4) is 0 Å². The zero-order valence-electron chi connectivity index (χ0n) is 13.6. The average molecular weight is 338 g/mol. The maximum Gasteiger partial charge on any atom is 0.295 e. The van der Waals surface area contributed by atoms with Crippen LogP contribution in [0.4, 0.5) is 10.5 Å². The van der Waals surface area contributed by atoms with E-state index >= 15 is 0 Å². The molecule has 122 valence electrons. The Kier molecular flexibility index (Phi) is 4.71. The number of thioether (sulfide) groups is 1. The Morgan fingerprint density at radius 2 is 1.79 bits per heavy atom. The Labute approximate surface area is 145 Å². The minimum Gasteiger partial charge on any atom is -0.367 e. The molecule has 1 saturated heterocycles. The quantitative estimate of drug-likeness (QED) is 0.839. The number of carbonyl (C=O) groups excluding carboxylic acids is 2.